The van der Waals surface area contributed by atoms with E-state index in [9.17, 15) is 13.2 Å². The Labute approximate surface area is 151 Å². The van der Waals surface area contributed by atoms with Crippen LogP contribution in [0.5, 0.6) is 0 Å². The van der Waals surface area contributed by atoms with Gasteiger partial charge in [0.1, 0.15) is 0 Å². The van der Waals surface area contributed by atoms with E-state index in [-0.39, 0.29) is 10.8 Å². The van der Waals surface area contributed by atoms with Gasteiger partial charge in [0.2, 0.25) is 10.0 Å². The predicted molar refractivity (Wildman–Crippen MR) is 99.1 cm³/mol. The number of carbonyl (C=O) groups excluding carboxylic acids is 1. The second-order valence-electron chi connectivity index (χ2n) is 7.12. The normalized spacial score (nSPS) is 19.4. The van der Waals surface area contributed by atoms with Gasteiger partial charge in [-0.15, -0.1) is 0 Å². The number of rotatable bonds is 6. The second-order valence-corrected chi connectivity index (χ2v) is 9.27. The number of amides is 1. The average Bonchev–Trinajstić information content (AvgIpc) is 2.59. The van der Waals surface area contributed by atoms with E-state index >= 15 is 0 Å². The van der Waals surface area contributed by atoms with Crippen LogP contribution in [0.3, 0.4) is 0 Å². The van der Waals surface area contributed by atoms with Crippen molar-refractivity contribution in [2.75, 3.05) is 33.7 Å². The summed E-state index contributed by atoms with van der Waals surface area (Å²) in [6.07, 6.45) is 2.26. The topological polar surface area (TPSA) is 69.7 Å². The fraction of sp³-hybridized carbons (Fsp3) is 0.611. The second kappa shape index (κ2) is 8.29. The minimum atomic E-state index is -3.54. The first-order valence-corrected chi connectivity index (χ1v) is 10.2. The van der Waals surface area contributed by atoms with E-state index in [1.165, 1.54) is 26.2 Å². The third-order valence-corrected chi connectivity index (χ3v) is 6.52. The van der Waals surface area contributed by atoms with Crippen LogP contribution in [0.25, 0.3) is 0 Å². The molecular weight excluding hydrogens is 338 g/mol. The van der Waals surface area contributed by atoms with Gasteiger partial charge in [0.25, 0.3) is 5.91 Å². The lowest BCUT2D eigenvalue weighted by Crippen LogP contribution is -2.43. The SMILES string of the molecule is CC(C)N1CCCC(CNC(=O)c2cccc(S(=O)(=O)N(C)C)c2)C1. The molecule has 0 saturated carbocycles. The van der Waals surface area contributed by atoms with Gasteiger partial charge in [-0.1, -0.05) is 6.07 Å². The number of hydrogen-bond donors (Lipinski definition) is 1. The molecule has 1 saturated heterocycles. The highest BCUT2D eigenvalue weighted by atomic mass is 32.2. The average molecular weight is 368 g/mol. The van der Waals surface area contributed by atoms with Crippen LogP contribution in [0, 0.1) is 5.92 Å². The van der Waals surface area contributed by atoms with Crippen molar-refractivity contribution in [3.63, 3.8) is 0 Å². The van der Waals surface area contributed by atoms with Gasteiger partial charge in [-0.3, -0.25) is 4.79 Å². The van der Waals surface area contributed by atoms with E-state index in [1.54, 1.807) is 12.1 Å². The van der Waals surface area contributed by atoms with Crippen molar-refractivity contribution >= 4 is 15.9 Å². The predicted octanol–water partition coefficient (Wildman–Crippen LogP) is 1.79. The third-order valence-electron chi connectivity index (χ3n) is 4.71. The van der Waals surface area contributed by atoms with Crippen molar-refractivity contribution in [2.24, 2.45) is 5.92 Å². The molecule has 0 radical (unpaired) electrons. The zero-order chi connectivity index (χ0) is 18.6. The van der Waals surface area contributed by atoms with Gasteiger partial charge in [0, 0.05) is 38.8 Å². The van der Waals surface area contributed by atoms with Crippen LogP contribution >= 0.6 is 0 Å². The van der Waals surface area contributed by atoms with Gasteiger partial charge < -0.3 is 10.2 Å². The van der Waals surface area contributed by atoms with Crippen molar-refractivity contribution in [3.05, 3.63) is 29.8 Å². The molecule has 1 heterocycles. The number of nitrogens with zero attached hydrogens (tertiary/aromatic N) is 2. The fourth-order valence-corrected chi connectivity index (χ4v) is 4.03. The molecule has 2 rings (SSSR count). The molecule has 1 aliphatic heterocycles. The van der Waals surface area contributed by atoms with E-state index in [2.05, 4.69) is 24.1 Å². The summed E-state index contributed by atoms with van der Waals surface area (Å²) in [5, 5.41) is 2.96. The highest BCUT2D eigenvalue weighted by Gasteiger charge is 2.23. The molecule has 140 valence electrons. The monoisotopic (exact) mass is 367 g/mol. The van der Waals surface area contributed by atoms with Crippen LogP contribution in [0.1, 0.15) is 37.0 Å². The summed E-state index contributed by atoms with van der Waals surface area (Å²) in [5.74, 6) is 0.214. The number of nitrogens with one attached hydrogen (secondary N) is 1. The molecule has 1 N–H and O–H groups in total. The molecule has 0 aliphatic carbocycles. The third kappa shape index (κ3) is 5.03. The molecule has 1 aliphatic rings. The molecule has 0 spiro atoms. The highest BCUT2D eigenvalue weighted by Crippen LogP contribution is 2.18. The van der Waals surface area contributed by atoms with Crippen molar-refractivity contribution in [1.82, 2.24) is 14.5 Å². The Bertz CT molecular complexity index is 701. The number of benzene rings is 1. The van der Waals surface area contributed by atoms with Gasteiger partial charge in [0.05, 0.1) is 4.90 Å². The van der Waals surface area contributed by atoms with Gasteiger partial charge in [-0.2, -0.15) is 0 Å². The summed E-state index contributed by atoms with van der Waals surface area (Å²) in [5.41, 5.74) is 0.374. The summed E-state index contributed by atoms with van der Waals surface area (Å²) < 4.78 is 25.5. The van der Waals surface area contributed by atoms with Crippen LogP contribution < -0.4 is 5.32 Å². The molecule has 6 nitrogen and oxygen atoms in total. The molecular formula is C18H29N3O3S. The lowest BCUT2D eigenvalue weighted by molar-refractivity contribution is 0.0922. The molecule has 0 aromatic heterocycles. The van der Waals surface area contributed by atoms with Crippen molar-refractivity contribution in [1.29, 1.82) is 0 Å². The minimum absolute atomic E-state index is 0.133. The number of sulfonamides is 1. The van der Waals surface area contributed by atoms with Crippen LogP contribution in [0.2, 0.25) is 0 Å². The highest BCUT2D eigenvalue weighted by molar-refractivity contribution is 7.89. The van der Waals surface area contributed by atoms with Crippen LogP contribution in [-0.4, -0.2) is 63.3 Å². The molecule has 1 unspecified atom stereocenters. The maximum absolute atomic E-state index is 12.4. The Kier molecular flexibility index (Phi) is 6.59. The first-order valence-electron chi connectivity index (χ1n) is 8.76. The van der Waals surface area contributed by atoms with Gasteiger partial charge in [0.15, 0.2) is 0 Å². The summed E-state index contributed by atoms with van der Waals surface area (Å²) in [7, 11) is -0.583. The van der Waals surface area contributed by atoms with Crippen LogP contribution in [0.15, 0.2) is 29.2 Å². The van der Waals surface area contributed by atoms with Crippen LogP contribution in [-0.2, 0) is 10.0 Å². The number of hydrogen-bond acceptors (Lipinski definition) is 4. The standard InChI is InChI=1S/C18H29N3O3S/c1-14(2)21-10-6-7-15(13-21)12-19-18(22)16-8-5-9-17(11-16)25(23,24)20(3)4/h5,8-9,11,14-15H,6-7,10,12-13H2,1-4H3,(H,19,22). The number of carbonyl (C=O) groups is 1. The summed E-state index contributed by atoms with van der Waals surface area (Å²) in [6, 6.07) is 6.71. The minimum Gasteiger partial charge on any atom is -0.352 e. The number of piperidine rings is 1. The first kappa shape index (κ1) is 19.9. The fourth-order valence-electron chi connectivity index (χ4n) is 3.08. The Balaban J connectivity index is 2.00. The van der Waals surface area contributed by atoms with Gasteiger partial charge in [-0.05, 0) is 57.4 Å². The van der Waals surface area contributed by atoms with Crippen LogP contribution in [0.4, 0.5) is 0 Å². The molecule has 7 heteroatoms. The van der Waals surface area contributed by atoms with E-state index in [0.29, 0.717) is 24.1 Å². The van der Waals surface area contributed by atoms with E-state index in [4.69, 9.17) is 0 Å². The lowest BCUT2D eigenvalue weighted by Gasteiger charge is -2.35. The van der Waals surface area contributed by atoms with Crippen molar-refractivity contribution in [2.45, 2.75) is 37.6 Å². The lowest BCUT2D eigenvalue weighted by atomic mass is 9.97. The molecule has 25 heavy (non-hydrogen) atoms. The summed E-state index contributed by atoms with van der Waals surface area (Å²) in [4.78, 5) is 15.0. The Hall–Kier alpha value is -1.44. The Morgan fingerprint density at radius 1 is 1.36 bits per heavy atom. The molecule has 1 amide bonds. The molecule has 1 fully saturated rings. The molecule has 1 aromatic rings. The molecule has 0 bridgehead atoms. The van der Waals surface area contributed by atoms with Crippen molar-refractivity contribution in [3.8, 4) is 0 Å². The Morgan fingerprint density at radius 2 is 2.08 bits per heavy atom. The maximum Gasteiger partial charge on any atom is 0.251 e. The summed E-state index contributed by atoms with van der Waals surface area (Å²) in [6.45, 7) is 7.11. The maximum atomic E-state index is 12.4. The molecule has 1 aromatic carbocycles. The van der Waals surface area contributed by atoms with E-state index in [1.807, 2.05) is 0 Å². The van der Waals surface area contributed by atoms with Gasteiger partial charge in [-0.25, -0.2) is 12.7 Å². The van der Waals surface area contributed by atoms with E-state index < -0.39 is 10.0 Å². The molecule has 1 atom stereocenters. The first-order chi connectivity index (χ1) is 11.7. The zero-order valence-corrected chi connectivity index (χ0v) is 16.3. The number of likely N-dealkylation sites (tertiary alicyclic amines) is 1. The quantitative estimate of drug-likeness (QED) is 0.832. The largest absolute Gasteiger partial charge is 0.352 e. The Morgan fingerprint density at radius 3 is 2.72 bits per heavy atom. The van der Waals surface area contributed by atoms with E-state index in [0.717, 1.165) is 30.2 Å². The summed E-state index contributed by atoms with van der Waals surface area (Å²) >= 11 is 0. The van der Waals surface area contributed by atoms with Crippen molar-refractivity contribution < 1.29 is 13.2 Å². The zero-order valence-electron chi connectivity index (χ0n) is 15.5. The van der Waals surface area contributed by atoms with Gasteiger partial charge >= 0.3 is 0 Å². The smallest absolute Gasteiger partial charge is 0.251 e.